The van der Waals surface area contributed by atoms with Gasteiger partial charge < -0.3 is 9.66 Å². The third-order valence-corrected chi connectivity index (χ3v) is 7.01. The monoisotopic (exact) mass is 418 g/mol. The second kappa shape index (κ2) is 8.95. The Morgan fingerprint density at radius 1 is 1.32 bits per heavy atom. The van der Waals surface area contributed by atoms with E-state index in [2.05, 4.69) is 4.98 Å². The minimum Gasteiger partial charge on any atom is -0.598 e. The molecular formula is C17H20Cl2N2O2S2. The molecular weight excluding hydrogens is 399 g/mol. The van der Waals surface area contributed by atoms with Crippen LogP contribution in [0.25, 0.3) is 0 Å². The standard InChI is InChI=1S/C17H20Cl2N2O2S2/c1-17(2,25(20)23)6-5-11-8-13(18)9-14(19)15(11)24-16-12(10-22)4-3-7-21-16/h3-4,7-9,22H,5-6,10,20H2,1-2H3. The van der Waals surface area contributed by atoms with Gasteiger partial charge in [0.2, 0.25) is 0 Å². The molecule has 0 aliphatic carbocycles. The zero-order valence-electron chi connectivity index (χ0n) is 14.0. The number of hydrogen-bond donors (Lipinski definition) is 2. The molecule has 1 aromatic carbocycles. The van der Waals surface area contributed by atoms with Gasteiger partial charge in [-0.1, -0.05) is 41.0 Å². The highest BCUT2D eigenvalue weighted by atomic mass is 35.5. The van der Waals surface area contributed by atoms with Crippen LogP contribution in [-0.4, -0.2) is 19.4 Å². The Hall–Kier alpha value is -0.470. The average Bonchev–Trinajstić information content (AvgIpc) is 2.56. The summed E-state index contributed by atoms with van der Waals surface area (Å²) in [5.74, 6) is 0. The fraction of sp³-hybridized carbons (Fsp3) is 0.353. The Morgan fingerprint density at radius 2 is 2.04 bits per heavy atom. The van der Waals surface area contributed by atoms with E-state index in [1.54, 1.807) is 18.3 Å². The van der Waals surface area contributed by atoms with Gasteiger partial charge in [-0.3, -0.25) is 0 Å². The predicted octanol–water partition coefficient (Wildman–Crippen LogP) is 4.37. The maximum absolute atomic E-state index is 11.7. The van der Waals surface area contributed by atoms with E-state index < -0.39 is 16.1 Å². The summed E-state index contributed by atoms with van der Waals surface area (Å²) in [7, 11) is 0. The molecule has 0 radical (unpaired) electrons. The molecule has 4 nitrogen and oxygen atoms in total. The lowest BCUT2D eigenvalue weighted by molar-refractivity contribution is 0.278. The quantitative estimate of drug-likeness (QED) is 0.652. The Labute approximate surface area is 165 Å². The molecule has 1 unspecified atom stereocenters. The summed E-state index contributed by atoms with van der Waals surface area (Å²) in [6.07, 6.45) is 2.92. The molecule has 1 atom stereocenters. The van der Waals surface area contributed by atoms with E-state index >= 15 is 0 Å². The van der Waals surface area contributed by atoms with E-state index in [4.69, 9.17) is 28.3 Å². The molecule has 0 saturated heterocycles. The molecule has 2 aromatic rings. The van der Waals surface area contributed by atoms with Crippen molar-refractivity contribution in [1.29, 1.82) is 0 Å². The van der Waals surface area contributed by atoms with Crippen molar-refractivity contribution in [3.8, 4) is 0 Å². The summed E-state index contributed by atoms with van der Waals surface area (Å²) in [5.41, 5.74) is 1.67. The van der Waals surface area contributed by atoms with Crippen molar-refractivity contribution < 1.29 is 9.66 Å². The maximum Gasteiger partial charge on any atom is 0.139 e. The number of halogens is 2. The van der Waals surface area contributed by atoms with Gasteiger partial charge in [-0.05, 0) is 44.0 Å². The molecule has 0 amide bonds. The zero-order valence-corrected chi connectivity index (χ0v) is 17.1. The van der Waals surface area contributed by atoms with Gasteiger partial charge in [0.1, 0.15) is 9.77 Å². The number of pyridine rings is 1. The van der Waals surface area contributed by atoms with Crippen LogP contribution in [0.5, 0.6) is 0 Å². The smallest absolute Gasteiger partial charge is 0.139 e. The van der Waals surface area contributed by atoms with Gasteiger partial charge in [-0.25, -0.2) is 4.98 Å². The number of aliphatic hydroxyl groups is 1. The number of nitrogens with zero attached hydrogens (tertiary/aromatic N) is 1. The second-order valence-corrected chi connectivity index (χ2v) is 9.70. The van der Waals surface area contributed by atoms with Crippen LogP contribution in [0.3, 0.4) is 0 Å². The van der Waals surface area contributed by atoms with Crippen molar-refractivity contribution in [3.05, 3.63) is 51.6 Å². The lowest BCUT2D eigenvalue weighted by atomic mass is 10.0. The lowest BCUT2D eigenvalue weighted by Gasteiger charge is -2.24. The molecule has 1 heterocycles. The number of aryl methyl sites for hydroxylation is 1. The SMILES string of the molecule is CC(C)(CCc1cc(Cl)cc(Cl)c1Sc1ncccc1CO)[S+](N)[O-]. The fourth-order valence-corrected chi connectivity index (χ4v) is 4.16. The molecule has 25 heavy (non-hydrogen) atoms. The van der Waals surface area contributed by atoms with Gasteiger partial charge in [0.25, 0.3) is 0 Å². The number of aromatic nitrogens is 1. The third-order valence-electron chi connectivity index (χ3n) is 3.85. The van der Waals surface area contributed by atoms with Gasteiger partial charge in [0, 0.05) is 39.5 Å². The van der Waals surface area contributed by atoms with Crippen LogP contribution in [-0.2, 0) is 24.4 Å². The van der Waals surface area contributed by atoms with Gasteiger partial charge >= 0.3 is 0 Å². The van der Waals surface area contributed by atoms with Crippen LogP contribution in [0.15, 0.2) is 40.4 Å². The number of nitrogens with two attached hydrogens (primary N) is 1. The van der Waals surface area contributed by atoms with Crippen LogP contribution in [0, 0.1) is 0 Å². The molecule has 8 heteroatoms. The highest BCUT2D eigenvalue weighted by Crippen LogP contribution is 2.39. The molecule has 1 aromatic heterocycles. The molecule has 0 spiro atoms. The molecule has 0 fully saturated rings. The minimum atomic E-state index is -1.43. The van der Waals surface area contributed by atoms with Gasteiger partial charge in [0.05, 0.1) is 11.6 Å². The first-order chi connectivity index (χ1) is 11.7. The van der Waals surface area contributed by atoms with Crippen molar-refractivity contribution >= 4 is 46.3 Å². The fourth-order valence-electron chi connectivity index (χ4n) is 2.18. The summed E-state index contributed by atoms with van der Waals surface area (Å²) >= 11 is 12.5. The number of rotatable bonds is 7. The van der Waals surface area contributed by atoms with Crippen LogP contribution < -0.4 is 5.14 Å². The van der Waals surface area contributed by atoms with E-state index in [1.165, 1.54) is 11.8 Å². The second-order valence-electron chi connectivity index (χ2n) is 6.16. The van der Waals surface area contributed by atoms with Crippen LogP contribution in [0.1, 0.15) is 31.4 Å². The molecule has 0 saturated carbocycles. The predicted molar refractivity (Wildman–Crippen MR) is 105 cm³/mol. The summed E-state index contributed by atoms with van der Waals surface area (Å²) in [6.45, 7) is 3.63. The first kappa shape index (κ1) is 20.8. The van der Waals surface area contributed by atoms with Crippen molar-refractivity contribution in [2.45, 2.75) is 48.0 Å². The van der Waals surface area contributed by atoms with Crippen molar-refractivity contribution in [2.75, 3.05) is 0 Å². The molecule has 0 aliphatic rings. The van der Waals surface area contributed by atoms with Crippen LogP contribution >= 0.6 is 35.0 Å². The first-order valence-corrected chi connectivity index (χ1v) is 10.4. The first-order valence-electron chi connectivity index (χ1n) is 7.61. The van der Waals surface area contributed by atoms with E-state index in [0.29, 0.717) is 27.9 Å². The largest absolute Gasteiger partial charge is 0.598 e. The molecule has 0 aliphatic heterocycles. The number of benzene rings is 1. The van der Waals surface area contributed by atoms with Crippen molar-refractivity contribution in [2.24, 2.45) is 5.14 Å². The summed E-state index contributed by atoms with van der Waals surface area (Å²) in [4.78, 5) is 5.16. The van der Waals surface area contributed by atoms with Gasteiger partial charge in [-0.15, -0.1) is 0 Å². The zero-order chi connectivity index (χ0) is 18.6. The summed E-state index contributed by atoms with van der Waals surface area (Å²) in [6, 6.07) is 7.13. The van der Waals surface area contributed by atoms with Crippen molar-refractivity contribution in [1.82, 2.24) is 4.98 Å². The third kappa shape index (κ3) is 5.50. The Morgan fingerprint density at radius 3 is 2.68 bits per heavy atom. The van der Waals surface area contributed by atoms with Gasteiger partial charge in [-0.2, -0.15) is 5.14 Å². The number of aliphatic hydroxyl groups excluding tert-OH is 1. The highest BCUT2D eigenvalue weighted by molar-refractivity contribution is 7.99. The lowest BCUT2D eigenvalue weighted by Crippen LogP contribution is -2.38. The Balaban J connectivity index is 2.34. The summed E-state index contributed by atoms with van der Waals surface area (Å²) in [5, 5.41) is 16.8. The Kier molecular flexibility index (Phi) is 7.46. The summed E-state index contributed by atoms with van der Waals surface area (Å²) < 4.78 is 11.2. The normalized spacial score (nSPS) is 13.1. The van der Waals surface area contributed by atoms with Crippen LogP contribution in [0.4, 0.5) is 0 Å². The van der Waals surface area contributed by atoms with E-state index in [-0.39, 0.29) is 6.61 Å². The molecule has 136 valence electrons. The highest BCUT2D eigenvalue weighted by Gasteiger charge is 2.30. The van der Waals surface area contributed by atoms with Crippen LogP contribution in [0.2, 0.25) is 10.0 Å². The van der Waals surface area contributed by atoms with Gasteiger partial charge in [0.15, 0.2) is 0 Å². The van der Waals surface area contributed by atoms with E-state index in [9.17, 15) is 9.66 Å². The van der Waals surface area contributed by atoms with E-state index in [1.807, 2.05) is 26.0 Å². The molecule has 3 N–H and O–H groups in total. The molecule has 2 rings (SSSR count). The molecule has 0 bridgehead atoms. The topological polar surface area (TPSA) is 82.2 Å². The minimum absolute atomic E-state index is 0.101. The number of hydrogen-bond acceptors (Lipinski definition) is 5. The average molecular weight is 419 g/mol. The van der Waals surface area contributed by atoms with E-state index in [0.717, 1.165) is 16.0 Å². The Bertz CT molecular complexity index is 743. The van der Waals surface area contributed by atoms with Crippen molar-refractivity contribution in [3.63, 3.8) is 0 Å². The maximum atomic E-state index is 11.7.